The van der Waals surface area contributed by atoms with Gasteiger partial charge in [0.15, 0.2) is 0 Å². The number of thiol groups is 1. The first-order valence-corrected chi connectivity index (χ1v) is 49.3. The molecule has 1 saturated heterocycles. The highest BCUT2D eigenvalue weighted by molar-refractivity contribution is 8.14. The Morgan fingerprint density at radius 2 is 0.958 bits per heavy atom. The number of alkyl halides is 1. The van der Waals surface area contributed by atoms with Crippen LogP contribution in [0.15, 0.2) is 94.5 Å². The molecular weight excluding hydrogens is 1620 g/mol. The number of thioether (sulfide) groups is 1. The standard InChI is InChI=1S/C41H48N4O8P2S.C40H42N4O8.2C2H6.CH3F.CH6P2S/c1-2-41(30-16-32-35-28(15-27-5-3-4-6-31(27)43-35)20-44(32)37(48)29(30)21-52-40(41)51)53-39(50)26-13-7-23(8-14-26)18-42-36(47)25-11-9-24(10-12-25)19-45-34(46)17-33(38(45)49)56-22-55-54;1-2-40(30-18-32-35-28(17-27-5-3-4-6-31(27)42-35)21-43(32)37(48)29(30)22-51-39(40)50)52-38(49)26-13-7-23(8-14-26)19-41-36(47)25-11-9-24(10-12-25)20-44-33(45)15-16-34(44)46;3*1-2;2-3-1-4/h3-6,15-16,23-26,33,55H,2,7-14,17-22,54H2,1H3,(H,42,47);3-6,15-18,23-26H,2,7-14,19-22H2,1H3,(H,41,47);2*1-2H3;1H3;3-4H,1-2H2/t23?,24?,25?,26?,33?,41-;23?,24?,25?,26?,40-;;;;/m00..../s1/i;;;;1D;. The number of hydrogen-bond acceptors (Lipinski definition) is 20. The van der Waals surface area contributed by atoms with Crippen LogP contribution in [-0.2, 0) is 104 Å². The van der Waals surface area contributed by atoms with Crippen LogP contribution in [0.5, 0.6) is 0 Å². The molecule has 6 aromatic rings. The van der Waals surface area contributed by atoms with Crippen LogP contribution < -0.4 is 21.8 Å². The number of para-hydroxylation sites is 2. The maximum Gasteiger partial charge on any atom is 0.355 e. The van der Waals surface area contributed by atoms with E-state index in [-0.39, 0.29) is 120 Å². The minimum atomic E-state index is -1.74. The summed E-state index contributed by atoms with van der Waals surface area (Å²) in [6.45, 7) is 13.8. The summed E-state index contributed by atoms with van der Waals surface area (Å²) in [4.78, 5) is 170. The van der Waals surface area contributed by atoms with Gasteiger partial charge in [-0.2, -0.15) is 12.6 Å². The molecule has 24 nitrogen and oxygen atoms in total. The van der Waals surface area contributed by atoms with Gasteiger partial charge in [-0.15, -0.1) is 29.6 Å². The van der Waals surface area contributed by atoms with E-state index in [0.717, 1.165) is 129 Å². The number of benzene rings is 2. The Labute approximate surface area is 707 Å². The minimum Gasteiger partial charge on any atom is -0.457 e. The van der Waals surface area contributed by atoms with Crippen molar-refractivity contribution in [3.8, 4) is 22.8 Å². The number of hydrogen-bond donors (Lipinski definition) is 3. The molecule has 118 heavy (non-hydrogen) atoms. The van der Waals surface area contributed by atoms with Crippen molar-refractivity contribution in [2.24, 2.45) is 47.3 Å². The average molecular weight is 1730 g/mol. The normalized spacial score (nSPS) is 25.2. The molecule has 4 aliphatic carbocycles. The Morgan fingerprint density at radius 3 is 1.35 bits per heavy atom. The fraction of sp³-hybridized carbons (Fsp3) is 0.540. The molecule has 2 N–H and O–H groups in total. The van der Waals surface area contributed by atoms with Gasteiger partial charge >= 0.3 is 23.9 Å². The van der Waals surface area contributed by atoms with Crippen molar-refractivity contribution in [2.75, 3.05) is 44.3 Å². The molecule has 0 spiro atoms. The predicted molar refractivity (Wildman–Crippen MR) is 468 cm³/mol. The first-order valence-electron chi connectivity index (χ1n) is 42.3. The molecule has 5 unspecified atom stereocenters. The van der Waals surface area contributed by atoms with Gasteiger partial charge in [0.1, 0.15) is 13.2 Å². The van der Waals surface area contributed by atoms with E-state index in [1.165, 1.54) is 22.0 Å². The molecule has 7 atom stereocenters. The van der Waals surface area contributed by atoms with Crippen LogP contribution in [0.3, 0.4) is 0 Å². The van der Waals surface area contributed by atoms with E-state index in [0.29, 0.717) is 118 Å². The fourth-order valence-electron chi connectivity index (χ4n) is 18.1. The zero-order valence-electron chi connectivity index (χ0n) is 69.1. The van der Waals surface area contributed by atoms with Crippen molar-refractivity contribution in [1.29, 1.82) is 0 Å². The summed E-state index contributed by atoms with van der Waals surface area (Å²) in [7, 11) is 5.87. The smallest absolute Gasteiger partial charge is 0.355 e. The third-order valence-corrected chi connectivity index (χ3v) is 30.7. The summed E-state index contributed by atoms with van der Waals surface area (Å²) in [5, 5.41) is 7.98. The molecule has 6 amide bonds. The van der Waals surface area contributed by atoms with Gasteiger partial charge in [0, 0.05) is 101 Å². The average Bonchev–Trinajstić information content (AvgIpc) is 1.62. The summed E-state index contributed by atoms with van der Waals surface area (Å²) in [6, 6.07) is 23.2. The number of esters is 4. The molecule has 31 heteroatoms. The van der Waals surface area contributed by atoms with Crippen LogP contribution >= 0.6 is 58.8 Å². The minimum absolute atomic E-state index is 0.0303. The van der Waals surface area contributed by atoms with Crippen LogP contribution in [-0.4, -0.2) is 138 Å². The molecule has 634 valence electrons. The monoisotopic (exact) mass is 1730 g/mol. The third-order valence-electron chi connectivity index (χ3n) is 24.7. The lowest BCUT2D eigenvalue weighted by molar-refractivity contribution is -0.192. The van der Waals surface area contributed by atoms with Crippen LogP contribution in [0.2, 0.25) is 0 Å². The molecule has 0 radical (unpaired) electrons. The number of nitrogens with one attached hydrogen (secondary N) is 2. The molecule has 10 heterocycles. The summed E-state index contributed by atoms with van der Waals surface area (Å²) in [6.07, 6.45) is 14.4. The summed E-state index contributed by atoms with van der Waals surface area (Å²) in [5.74, 6) is -3.05. The predicted octanol–water partition coefficient (Wildman–Crippen LogP) is 13.9. The highest BCUT2D eigenvalue weighted by Crippen LogP contribution is 2.46. The second-order valence-corrected chi connectivity index (χ2v) is 37.8. The number of pyridine rings is 4. The topological polar surface area (TPSA) is 308 Å². The van der Waals surface area contributed by atoms with Crippen molar-refractivity contribution >= 4 is 140 Å². The van der Waals surface area contributed by atoms with E-state index in [1.807, 2.05) is 88.4 Å². The van der Waals surface area contributed by atoms with E-state index in [1.54, 1.807) is 46.9 Å². The number of ether oxygens (including phenoxy) is 4. The van der Waals surface area contributed by atoms with Crippen molar-refractivity contribution in [2.45, 2.75) is 206 Å². The highest BCUT2D eigenvalue weighted by Gasteiger charge is 2.54. The quantitative estimate of drug-likeness (QED) is 0.0210. The summed E-state index contributed by atoms with van der Waals surface area (Å²) < 4.78 is 42.2. The van der Waals surface area contributed by atoms with E-state index in [9.17, 15) is 61.9 Å². The third kappa shape index (κ3) is 19.6. The zero-order chi connectivity index (χ0) is 85.4. The number of carbonyl (C=O) groups excluding carboxylic acids is 10. The van der Waals surface area contributed by atoms with Gasteiger partial charge in [0.25, 0.3) is 22.9 Å². The van der Waals surface area contributed by atoms with Gasteiger partial charge in [0.05, 0.1) is 83.6 Å². The fourth-order valence-corrected chi connectivity index (χ4v) is 20.7. The van der Waals surface area contributed by atoms with Gasteiger partial charge in [-0.25, -0.2) is 19.6 Å². The summed E-state index contributed by atoms with van der Waals surface area (Å²) >= 11 is 5.48. The van der Waals surface area contributed by atoms with E-state index >= 15 is 0 Å². The van der Waals surface area contributed by atoms with Crippen molar-refractivity contribution in [3.63, 3.8) is 0 Å². The molecule has 0 bridgehead atoms. The van der Waals surface area contributed by atoms with Crippen LogP contribution in [0.1, 0.15) is 198 Å². The van der Waals surface area contributed by atoms with Crippen LogP contribution in [0, 0.1) is 47.3 Å². The Morgan fingerprint density at radius 1 is 0.576 bits per heavy atom. The number of likely N-dealkylation sites (tertiary alicyclic amines) is 1. The number of aromatic nitrogens is 4. The lowest BCUT2D eigenvalue weighted by Gasteiger charge is -2.37. The summed E-state index contributed by atoms with van der Waals surface area (Å²) in [5.41, 5.74) is 5.20. The molecule has 10 aliphatic rings. The lowest BCUT2D eigenvalue weighted by Crippen LogP contribution is -2.48. The number of cyclic esters (lactones) is 2. The SMILES string of the molecule is CC.CC.CC[C@@]1(OC(=O)C2CCC(CNC(=O)C3CCC(CN4C(=O)C=CC4=O)CC3)CC2)C(=O)OCc2c1cc1n(c2=O)Cc2cc3ccccc3nc2-1.CC[C@@]1(OC(=O)C2CCC(CNC(=O)C3CCC(CN4C(=O)CC(SCPP)C4=O)CC3)CC2)C(=O)OCc2c1cc1n(c2=O)Cc2cc3ccccc3nc2-1.PPCS.[2H]CF. The Kier molecular flexibility index (Phi) is 31.7. The van der Waals surface area contributed by atoms with Crippen LogP contribution in [0.25, 0.3) is 44.6 Å². The zero-order valence-corrected chi connectivity index (χ0v) is 74.1. The van der Waals surface area contributed by atoms with Gasteiger partial charge in [0.2, 0.25) is 34.8 Å². The molecule has 16 rings (SSSR count). The van der Waals surface area contributed by atoms with Gasteiger partial charge in [-0.3, -0.25) is 62.1 Å². The van der Waals surface area contributed by atoms with Gasteiger partial charge in [-0.05, 0) is 176 Å². The number of imide groups is 2. The first kappa shape index (κ1) is 89.6. The molecule has 5 fully saturated rings. The second kappa shape index (κ2) is 41.8. The van der Waals surface area contributed by atoms with Crippen molar-refractivity contribution in [1.82, 2.24) is 39.5 Å². The molecule has 6 aliphatic heterocycles. The highest BCUT2D eigenvalue weighted by atomic mass is 32.2. The number of fused-ring (bicyclic) bond motifs is 10. The van der Waals surface area contributed by atoms with E-state index < -0.39 is 54.1 Å². The number of rotatable bonds is 20. The molecule has 2 aromatic carbocycles. The lowest BCUT2D eigenvalue weighted by atomic mass is 9.80. The number of amides is 6. The Bertz CT molecular complexity index is 4910. The maximum atomic E-state index is 13.9. The van der Waals surface area contributed by atoms with Crippen molar-refractivity contribution in [3.05, 3.63) is 139 Å². The van der Waals surface area contributed by atoms with Gasteiger partial charge < -0.3 is 38.7 Å². The van der Waals surface area contributed by atoms with Crippen molar-refractivity contribution < 1.29 is 72.7 Å². The van der Waals surface area contributed by atoms with Gasteiger partial charge in [-0.1, -0.05) is 94.5 Å². The number of carbonyl (C=O) groups is 10. The second-order valence-electron chi connectivity index (χ2n) is 31.3. The Balaban J connectivity index is 0.000000209. The van der Waals surface area contributed by atoms with E-state index in [4.69, 9.17) is 30.3 Å². The molecule has 4 saturated carbocycles. The Hall–Kier alpha value is -7.65. The molecular formula is C87H111FN8O16P4S2. The van der Waals surface area contributed by atoms with E-state index in [2.05, 4.69) is 41.1 Å². The molecule has 4 aromatic heterocycles. The number of nitrogens with zero attached hydrogens (tertiary/aromatic N) is 6. The number of halogens is 1. The van der Waals surface area contributed by atoms with Crippen LogP contribution in [0.4, 0.5) is 4.39 Å². The first-order chi connectivity index (χ1) is 57.6. The largest absolute Gasteiger partial charge is 0.457 e. The maximum absolute atomic E-state index is 13.9.